The molecule has 1 aromatic carbocycles. The van der Waals surface area contributed by atoms with Crippen LogP contribution in [-0.4, -0.2) is 37.3 Å². The molecule has 1 unspecified atom stereocenters. The molecule has 5 nitrogen and oxygen atoms in total. The molecule has 104 valence electrons. The van der Waals surface area contributed by atoms with Gasteiger partial charge in [-0.3, -0.25) is 4.79 Å². The lowest BCUT2D eigenvalue weighted by Gasteiger charge is -2.22. The highest BCUT2D eigenvalue weighted by atomic mass is 16.3. The molecule has 0 saturated heterocycles. The lowest BCUT2D eigenvalue weighted by atomic mass is 10.1. The number of rotatable bonds is 6. The van der Waals surface area contributed by atoms with Gasteiger partial charge in [0.25, 0.3) is 0 Å². The molecule has 19 heavy (non-hydrogen) atoms. The average molecular weight is 263 g/mol. The predicted octanol–water partition coefficient (Wildman–Crippen LogP) is 1.11. The Labute approximate surface area is 113 Å². The number of nitrogens with one attached hydrogen (secondary N) is 2. The number of hydrogen-bond donors (Lipinski definition) is 3. The third-order valence-electron chi connectivity index (χ3n) is 3.39. The van der Waals surface area contributed by atoms with E-state index < -0.39 is 0 Å². The van der Waals surface area contributed by atoms with Gasteiger partial charge in [-0.25, -0.2) is 0 Å². The van der Waals surface area contributed by atoms with Gasteiger partial charge in [0.1, 0.15) is 6.04 Å². The highest BCUT2D eigenvalue weighted by Gasteiger charge is 2.29. The molecule has 0 saturated carbocycles. The van der Waals surface area contributed by atoms with Gasteiger partial charge in [0.05, 0.1) is 6.61 Å². The van der Waals surface area contributed by atoms with Crippen LogP contribution < -0.4 is 15.5 Å². The molecule has 3 N–H and O–H groups in total. The molecular weight excluding hydrogens is 242 g/mol. The summed E-state index contributed by atoms with van der Waals surface area (Å²) in [4.78, 5) is 13.9. The molecule has 0 spiro atoms. The second-order valence-corrected chi connectivity index (χ2v) is 4.55. The van der Waals surface area contributed by atoms with Gasteiger partial charge in [-0.1, -0.05) is 13.0 Å². The Hall–Kier alpha value is -1.59. The molecule has 0 fully saturated rings. The fourth-order valence-corrected chi connectivity index (χ4v) is 2.44. The van der Waals surface area contributed by atoms with Crippen molar-refractivity contribution in [1.29, 1.82) is 0 Å². The maximum atomic E-state index is 11.9. The van der Waals surface area contributed by atoms with Crippen LogP contribution in [0.15, 0.2) is 18.2 Å². The monoisotopic (exact) mass is 263 g/mol. The summed E-state index contributed by atoms with van der Waals surface area (Å²) in [5.41, 5.74) is 2.88. The number of aliphatic hydroxyl groups is 1. The van der Waals surface area contributed by atoms with Gasteiger partial charge in [0.15, 0.2) is 0 Å². The topological polar surface area (TPSA) is 64.6 Å². The van der Waals surface area contributed by atoms with Crippen molar-refractivity contribution in [2.24, 2.45) is 0 Å². The number of nitrogens with zero attached hydrogens (tertiary/aromatic N) is 1. The van der Waals surface area contributed by atoms with E-state index in [1.54, 1.807) is 0 Å². The van der Waals surface area contributed by atoms with Gasteiger partial charge >= 0.3 is 0 Å². The molecule has 0 aromatic heterocycles. The molecule has 0 aliphatic carbocycles. The molecule has 0 radical (unpaired) electrons. The van der Waals surface area contributed by atoms with E-state index in [2.05, 4.69) is 15.5 Å². The Kier molecular flexibility index (Phi) is 4.39. The number of fused-ring (bicyclic) bond motifs is 1. The number of anilines is 2. The summed E-state index contributed by atoms with van der Waals surface area (Å²) in [6.07, 6.45) is 0. The predicted molar refractivity (Wildman–Crippen MR) is 76.5 cm³/mol. The van der Waals surface area contributed by atoms with E-state index in [-0.39, 0.29) is 18.6 Å². The van der Waals surface area contributed by atoms with Gasteiger partial charge < -0.3 is 20.6 Å². The number of carbonyl (C=O) groups excluding carboxylic acids is 1. The standard InChI is InChI=1S/C14H21N3O2/c1-3-15-13-11-6-5-10(17(4-2)7-8-18)9-12(11)16-14(13)19/h5-6,9,13,15,18H,3-4,7-8H2,1-2H3,(H,16,19). The van der Waals surface area contributed by atoms with Crippen LogP contribution in [0.5, 0.6) is 0 Å². The van der Waals surface area contributed by atoms with E-state index in [0.717, 1.165) is 30.0 Å². The van der Waals surface area contributed by atoms with E-state index in [1.165, 1.54) is 0 Å². The summed E-state index contributed by atoms with van der Waals surface area (Å²) in [6.45, 7) is 6.33. The number of amides is 1. The zero-order valence-corrected chi connectivity index (χ0v) is 11.4. The molecular formula is C14H21N3O2. The van der Waals surface area contributed by atoms with Crippen LogP contribution in [0, 0.1) is 0 Å². The zero-order chi connectivity index (χ0) is 13.8. The Morgan fingerprint density at radius 2 is 2.21 bits per heavy atom. The Bertz CT molecular complexity index is 462. The van der Waals surface area contributed by atoms with Crippen molar-refractivity contribution in [3.8, 4) is 0 Å². The van der Waals surface area contributed by atoms with Crippen molar-refractivity contribution in [1.82, 2.24) is 5.32 Å². The molecule has 1 aliphatic rings. The van der Waals surface area contributed by atoms with Gasteiger partial charge in [0, 0.05) is 30.0 Å². The van der Waals surface area contributed by atoms with Crippen LogP contribution in [0.3, 0.4) is 0 Å². The lowest BCUT2D eigenvalue weighted by molar-refractivity contribution is -0.117. The van der Waals surface area contributed by atoms with E-state index in [1.807, 2.05) is 32.0 Å². The van der Waals surface area contributed by atoms with E-state index >= 15 is 0 Å². The minimum atomic E-state index is -0.248. The fourth-order valence-electron chi connectivity index (χ4n) is 2.44. The van der Waals surface area contributed by atoms with E-state index in [9.17, 15) is 4.79 Å². The van der Waals surface area contributed by atoms with Crippen LogP contribution in [0.2, 0.25) is 0 Å². The zero-order valence-electron chi connectivity index (χ0n) is 11.4. The Morgan fingerprint density at radius 3 is 2.84 bits per heavy atom. The Morgan fingerprint density at radius 1 is 1.42 bits per heavy atom. The van der Waals surface area contributed by atoms with Gasteiger partial charge in [0.2, 0.25) is 5.91 Å². The number of benzene rings is 1. The molecule has 0 bridgehead atoms. The number of likely N-dealkylation sites (N-methyl/N-ethyl adjacent to an activating group) is 2. The fraction of sp³-hybridized carbons (Fsp3) is 0.500. The number of aliphatic hydroxyl groups excluding tert-OH is 1. The van der Waals surface area contributed by atoms with Crippen LogP contribution in [0.4, 0.5) is 11.4 Å². The average Bonchev–Trinajstić information content (AvgIpc) is 2.72. The first-order valence-corrected chi connectivity index (χ1v) is 6.75. The molecule has 5 heteroatoms. The maximum absolute atomic E-state index is 11.9. The van der Waals surface area contributed by atoms with Gasteiger partial charge in [-0.15, -0.1) is 0 Å². The highest BCUT2D eigenvalue weighted by molar-refractivity contribution is 6.03. The van der Waals surface area contributed by atoms with Crippen molar-refractivity contribution in [3.63, 3.8) is 0 Å². The minimum absolute atomic E-state index is 0.000735. The van der Waals surface area contributed by atoms with Crippen LogP contribution in [-0.2, 0) is 4.79 Å². The summed E-state index contributed by atoms with van der Waals surface area (Å²) in [6, 6.07) is 5.71. The minimum Gasteiger partial charge on any atom is -0.395 e. The summed E-state index contributed by atoms with van der Waals surface area (Å²) < 4.78 is 0. The molecule has 1 heterocycles. The molecule has 1 amide bonds. The first-order valence-electron chi connectivity index (χ1n) is 6.75. The molecule has 1 aliphatic heterocycles. The Balaban J connectivity index is 2.26. The maximum Gasteiger partial charge on any atom is 0.246 e. The number of carbonyl (C=O) groups is 1. The smallest absolute Gasteiger partial charge is 0.246 e. The van der Waals surface area contributed by atoms with E-state index in [4.69, 9.17) is 5.11 Å². The summed E-state index contributed by atoms with van der Waals surface area (Å²) in [7, 11) is 0. The first kappa shape index (κ1) is 13.8. The van der Waals surface area contributed by atoms with Crippen molar-refractivity contribution in [2.45, 2.75) is 19.9 Å². The lowest BCUT2D eigenvalue weighted by Crippen LogP contribution is -2.27. The van der Waals surface area contributed by atoms with Crippen LogP contribution >= 0.6 is 0 Å². The van der Waals surface area contributed by atoms with Gasteiger partial charge in [-0.05, 0) is 25.6 Å². The summed E-state index contributed by atoms with van der Waals surface area (Å²) >= 11 is 0. The normalized spacial score (nSPS) is 17.2. The second-order valence-electron chi connectivity index (χ2n) is 4.55. The third kappa shape index (κ3) is 2.72. The molecule has 1 aromatic rings. The summed E-state index contributed by atoms with van der Waals surface area (Å²) in [5.74, 6) is -0.000735. The molecule has 1 atom stereocenters. The van der Waals surface area contributed by atoms with E-state index in [0.29, 0.717) is 6.54 Å². The van der Waals surface area contributed by atoms with Crippen molar-refractivity contribution >= 4 is 17.3 Å². The van der Waals surface area contributed by atoms with Crippen molar-refractivity contribution in [3.05, 3.63) is 23.8 Å². The molecule has 2 rings (SSSR count). The van der Waals surface area contributed by atoms with Crippen LogP contribution in [0.1, 0.15) is 25.5 Å². The second kappa shape index (κ2) is 6.04. The van der Waals surface area contributed by atoms with Crippen molar-refractivity contribution < 1.29 is 9.90 Å². The van der Waals surface area contributed by atoms with Crippen LogP contribution in [0.25, 0.3) is 0 Å². The first-order chi connectivity index (χ1) is 9.21. The highest BCUT2D eigenvalue weighted by Crippen LogP contribution is 2.33. The van der Waals surface area contributed by atoms with Gasteiger partial charge in [-0.2, -0.15) is 0 Å². The SMILES string of the molecule is CCNC1C(=O)Nc2cc(N(CC)CCO)ccc21. The largest absolute Gasteiger partial charge is 0.395 e. The number of hydrogen-bond acceptors (Lipinski definition) is 4. The van der Waals surface area contributed by atoms with Crippen molar-refractivity contribution in [2.75, 3.05) is 36.5 Å². The summed E-state index contributed by atoms with van der Waals surface area (Å²) in [5, 5.41) is 15.1. The quantitative estimate of drug-likeness (QED) is 0.719. The third-order valence-corrected chi connectivity index (χ3v) is 3.39.